The van der Waals surface area contributed by atoms with Crippen molar-refractivity contribution in [3.63, 3.8) is 0 Å². The van der Waals surface area contributed by atoms with Gasteiger partial charge in [-0.3, -0.25) is 4.18 Å². The van der Waals surface area contributed by atoms with Crippen LogP contribution in [0.5, 0.6) is 0 Å². The highest BCUT2D eigenvalue weighted by Crippen LogP contribution is 2.28. The van der Waals surface area contributed by atoms with Gasteiger partial charge in [0.15, 0.2) is 11.1 Å². The zero-order valence-corrected chi connectivity index (χ0v) is 23.1. The summed E-state index contributed by atoms with van der Waals surface area (Å²) in [5.41, 5.74) is 3.10. The Morgan fingerprint density at radius 2 is 1.84 bits per heavy atom. The fourth-order valence-corrected chi connectivity index (χ4v) is 4.01. The van der Waals surface area contributed by atoms with E-state index < -0.39 is 17.2 Å². The number of nitrogens with zero attached hydrogens (tertiary/aromatic N) is 3. The molecule has 2 aromatic carbocycles. The second kappa shape index (κ2) is 14.7. The van der Waals surface area contributed by atoms with E-state index in [2.05, 4.69) is 21.9 Å². The molecule has 9 heteroatoms. The average molecular weight is 538 g/mol. The van der Waals surface area contributed by atoms with Gasteiger partial charge in [-0.2, -0.15) is 5.10 Å². The molecule has 202 valence electrons. The molecule has 0 saturated carbocycles. The van der Waals surface area contributed by atoms with E-state index >= 15 is 0 Å². The summed E-state index contributed by atoms with van der Waals surface area (Å²) in [4.78, 5) is 4.65. The van der Waals surface area contributed by atoms with Gasteiger partial charge in [-0.25, -0.2) is 13.9 Å². The number of aliphatic hydroxyl groups excluding tert-OH is 1. The van der Waals surface area contributed by atoms with Crippen LogP contribution in [0.15, 0.2) is 66.1 Å². The Kier molecular flexibility index (Phi) is 11.4. The first-order chi connectivity index (χ1) is 18.2. The molecule has 0 amide bonds. The molecule has 0 aliphatic carbocycles. The second-order valence-corrected chi connectivity index (χ2v) is 10.8. The van der Waals surface area contributed by atoms with Crippen LogP contribution in [0, 0.1) is 24.2 Å². The van der Waals surface area contributed by atoms with Crippen LogP contribution in [-0.4, -0.2) is 63.2 Å². The van der Waals surface area contributed by atoms with Crippen LogP contribution in [0.4, 0.5) is 0 Å². The maximum Gasteiger partial charge on any atom is 0.189 e. The van der Waals surface area contributed by atoms with Gasteiger partial charge < -0.3 is 14.6 Å². The lowest BCUT2D eigenvalue weighted by Gasteiger charge is -2.28. The first-order valence-corrected chi connectivity index (χ1v) is 13.4. The van der Waals surface area contributed by atoms with Crippen molar-refractivity contribution in [3.8, 4) is 11.8 Å². The Morgan fingerprint density at radius 3 is 2.55 bits per heavy atom. The minimum atomic E-state index is -1.49. The number of hydrogen-bond acceptors (Lipinski definition) is 7. The molecule has 38 heavy (non-hydrogen) atoms. The summed E-state index contributed by atoms with van der Waals surface area (Å²) >= 11 is -1.49. The molecule has 3 rings (SSSR count). The van der Waals surface area contributed by atoms with Crippen molar-refractivity contribution in [3.05, 3.63) is 77.9 Å². The monoisotopic (exact) mass is 537 g/mol. The number of aryl methyl sites for hydroxylation is 1. The van der Waals surface area contributed by atoms with E-state index in [-0.39, 0.29) is 18.6 Å². The van der Waals surface area contributed by atoms with Crippen LogP contribution in [-0.2, 0) is 24.7 Å². The van der Waals surface area contributed by atoms with Crippen LogP contribution < -0.4 is 0 Å². The van der Waals surface area contributed by atoms with Gasteiger partial charge in [0.1, 0.15) is 25.4 Å². The molecule has 0 spiro atoms. The van der Waals surface area contributed by atoms with Crippen molar-refractivity contribution in [1.82, 2.24) is 14.8 Å². The molecule has 2 atom stereocenters. The molecule has 1 N–H and O–H groups in total. The SMILES string of the molecule is Cc1ccc(S(=O)OCCOCCOCC#Cc2cccc(/C=C(\C(O)C(C)(C)C)n3cncn3)c2)cc1. The number of hydrogen-bond donors (Lipinski definition) is 1. The predicted octanol–water partition coefficient (Wildman–Crippen LogP) is 4.12. The summed E-state index contributed by atoms with van der Waals surface area (Å²) < 4.78 is 29.9. The van der Waals surface area contributed by atoms with Gasteiger partial charge in [-0.05, 0) is 48.2 Å². The smallest absolute Gasteiger partial charge is 0.189 e. The number of ether oxygens (including phenoxy) is 2. The van der Waals surface area contributed by atoms with E-state index in [0.717, 1.165) is 16.7 Å². The van der Waals surface area contributed by atoms with Gasteiger partial charge in [-0.15, -0.1) is 0 Å². The first-order valence-electron chi connectivity index (χ1n) is 12.3. The third kappa shape index (κ3) is 9.63. The van der Waals surface area contributed by atoms with Gasteiger partial charge in [0.25, 0.3) is 0 Å². The zero-order valence-electron chi connectivity index (χ0n) is 22.3. The third-order valence-electron chi connectivity index (χ3n) is 5.40. The van der Waals surface area contributed by atoms with E-state index in [0.29, 0.717) is 30.4 Å². The highest BCUT2D eigenvalue weighted by Gasteiger charge is 2.27. The van der Waals surface area contributed by atoms with Crippen LogP contribution in [0.1, 0.15) is 37.5 Å². The maximum absolute atomic E-state index is 12.0. The Bertz CT molecular complexity index is 1260. The Labute approximate surface area is 227 Å². The summed E-state index contributed by atoms with van der Waals surface area (Å²) in [6.07, 6.45) is 4.17. The molecule has 0 saturated heterocycles. The van der Waals surface area contributed by atoms with E-state index in [1.165, 1.54) is 6.33 Å². The lowest BCUT2D eigenvalue weighted by atomic mass is 9.86. The van der Waals surface area contributed by atoms with Gasteiger partial charge in [0.05, 0.1) is 37.0 Å². The van der Waals surface area contributed by atoms with Crippen molar-refractivity contribution in [2.24, 2.45) is 5.41 Å². The molecule has 0 aliphatic rings. The fraction of sp³-hybridized carbons (Fsp3) is 0.379. The largest absolute Gasteiger partial charge is 0.386 e. The lowest BCUT2D eigenvalue weighted by Crippen LogP contribution is -2.29. The normalized spacial score (nSPS) is 13.6. The molecule has 3 aromatic rings. The van der Waals surface area contributed by atoms with Crippen LogP contribution in [0.25, 0.3) is 11.8 Å². The topological polar surface area (TPSA) is 95.7 Å². The molecule has 0 bridgehead atoms. The second-order valence-electron chi connectivity index (χ2n) is 9.64. The molecule has 1 aromatic heterocycles. The molecular formula is C29H35N3O5S. The number of aromatic nitrogens is 3. The molecule has 0 aliphatic heterocycles. The van der Waals surface area contributed by atoms with Crippen molar-refractivity contribution in [2.45, 2.75) is 38.7 Å². The average Bonchev–Trinajstić information content (AvgIpc) is 3.43. The van der Waals surface area contributed by atoms with Crippen LogP contribution in [0.2, 0.25) is 0 Å². The van der Waals surface area contributed by atoms with E-state index in [1.807, 2.05) is 70.2 Å². The highest BCUT2D eigenvalue weighted by atomic mass is 32.2. The molecule has 0 radical (unpaired) electrons. The molecular weight excluding hydrogens is 502 g/mol. The summed E-state index contributed by atoms with van der Waals surface area (Å²) in [5, 5.41) is 15.1. The molecule has 2 unspecified atom stereocenters. The number of aliphatic hydroxyl groups is 1. The minimum absolute atomic E-state index is 0.233. The molecule has 0 fully saturated rings. The maximum atomic E-state index is 12.0. The minimum Gasteiger partial charge on any atom is -0.386 e. The number of rotatable bonds is 12. The summed E-state index contributed by atoms with van der Waals surface area (Å²) in [6, 6.07) is 15.1. The quantitative estimate of drug-likeness (QED) is 0.274. The third-order valence-corrected chi connectivity index (χ3v) is 6.43. The lowest BCUT2D eigenvalue weighted by molar-refractivity contribution is 0.0481. The highest BCUT2D eigenvalue weighted by molar-refractivity contribution is 7.80. The summed E-state index contributed by atoms with van der Waals surface area (Å²) in [5.74, 6) is 6.10. The standard InChI is InChI=1S/C29H35N3O5S/c1-23-10-12-26(13-11-23)38(34)37-18-17-36-16-15-35-14-6-9-24-7-5-8-25(19-24)20-27(28(33)29(2,3)4)32-22-30-21-31-32/h5,7-8,10-13,19-22,28,33H,14-18H2,1-4H3/b27-20+. The first kappa shape index (κ1) is 29.4. The van der Waals surface area contributed by atoms with Crippen molar-refractivity contribution < 1.29 is 23.0 Å². The van der Waals surface area contributed by atoms with E-state index in [1.54, 1.807) is 23.1 Å². The molecule has 1 heterocycles. The zero-order chi connectivity index (χ0) is 27.4. The summed E-state index contributed by atoms with van der Waals surface area (Å²) in [7, 11) is 0. The van der Waals surface area contributed by atoms with Crippen molar-refractivity contribution in [1.29, 1.82) is 0 Å². The van der Waals surface area contributed by atoms with E-state index in [9.17, 15) is 9.32 Å². The molecule has 8 nitrogen and oxygen atoms in total. The Balaban J connectivity index is 1.41. The summed E-state index contributed by atoms with van der Waals surface area (Å²) in [6.45, 7) is 9.50. The predicted molar refractivity (Wildman–Crippen MR) is 148 cm³/mol. The van der Waals surface area contributed by atoms with Crippen LogP contribution >= 0.6 is 0 Å². The van der Waals surface area contributed by atoms with Gasteiger partial charge >= 0.3 is 0 Å². The van der Waals surface area contributed by atoms with Crippen molar-refractivity contribution >= 4 is 22.9 Å². The van der Waals surface area contributed by atoms with Crippen LogP contribution in [0.3, 0.4) is 0 Å². The van der Waals surface area contributed by atoms with Crippen molar-refractivity contribution in [2.75, 3.05) is 33.0 Å². The van der Waals surface area contributed by atoms with Gasteiger partial charge in [0.2, 0.25) is 0 Å². The van der Waals surface area contributed by atoms with Gasteiger partial charge in [0, 0.05) is 5.56 Å². The van der Waals surface area contributed by atoms with E-state index in [4.69, 9.17) is 13.7 Å². The number of benzene rings is 2. The Hall–Kier alpha value is -3.13. The van der Waals surface area contributed by atoms with Gasteiger partial charge in [-0.1, -0.05) is 62.4 Å². The Morgan fingerprint density at radius 1 is 1.11 bits per heavy atom. The fourth-order valence-electron chi connectivity index (χ4n) is 3.30.